The topological polar surface area (TPSA) is 105 Å². The standard InChI is InChI=1S/C36H52B2N2O6/c1-11-12-13-14-15-16-25(2)41-24-26-17-19-27(20-18-26)31(39)42-32(40)28-21-29(37-43-33(3,4)34(5,6)44-37)23-30(22-28)38-45-35(7,8)36(9,10)46-38/h17-23,39-40H,2,11-16,24H2,1,3-10H3/p+1. The Balaban J connectivity index is 1.46. The summed E-state index contributed by atoms with van der Waals surface area (Å²) in [4.78, 5) is 0. The summed E-state index contributed by atoms with van der Waals surface area (Å²) in [7, 11) is -1.29. The average Bonchev–Trinajstić information content (AvgIpc) is 3.35. The van der Waals surface area contributed by atoms with Gasteiger partial charge in [-0.25, -0.2) is 5.41 Å². The van der Waals surface area contributed by atoms with Gasteiger partial charge in [-0.15, -0.1) is 0 Å². The van der Waals surface area contributed by atoms with Gasteiger partial charge in [0.1, 0.15) is 6.61 Å². The molecule has 46 heavy (non-hydrogen) atoms. The van der Waals surface area contributed by atoms with Crippen LogP contribution in [0.25, 0.3) is 0 Å². The quantitative estimate of drug-likeness (QED) is 0.103. The Morgan fingerprint density at radius 1 is 0.739 bits per heavy atom. The third kappa shape index (κ3) is 8.32. The van der Waals surface area contributed by atoms with Gasteiger partial charge in [0, 0.05) is 12.0 Å². The first-order chi connectivity index (χ1) is 21.4. The number of rotatable bonds is 13. The van der Waals surface area contributed by atoms with Gasteiger partial charge in [-0.2, -0.15) is 0 Å². The third-order valence-electron chi connectivity index (χ3n) is 9.74. The highest BCUT2D eigenvalue weighted by Gasteiger charge is 2.54. The van der Waals surface area contributed by atoms with Crippen molar-refractivity contribution in [2.75, 3.05) is 0 Å². The van der Waals surface area contributed by atoms with E-state index >= 15 is 0 Å². The lowest BCUT2D eigenvalue weighted by atomic mass is 9.71. The van der Waals surface area contributed by atoms with Gasteiger partial charge in [0.25, 0.3) is 0 Å². The molecule has 0 aromatic heterocycles. The first kappa shape index (κ1) is 35.9. The molecule has 2 aromatic carbocycles. The smallest absolute Gasteiger partial charge is 0.494 e. The lowest BCUT2D eigenvalue weighted by Gasteiger charge is -2.32. The van der Waals surface area contributed by atoms with Gasteiger partial charge in [0.2, 0.25) is 5.90 Å². The van der Waals surface area contributed by atoms with Crippen LogP contribution in [0.1, 0.15) is 118 Å². The second kappa shape index (κ2) is 14.1. The predicted octanol–water partition coefficient (Wildman–Crippen LogP) is 5.22. The maximum atomic E-state index is 8.89. The second-order valence-electron chi connectivity index (χ2n) is 14.5. The first-order valence-corrected chi connectivity index (χ1v) is 16.6. The van der Waals surface area contributed by atoms with Gasteiger partial charge in [0.05, 0.1) is 33.7 Å². The van der Waals surface area contributed by atoms with E-state index < -0.39 is 36.6 Å². The van der Waals surface area contributed by atoms with Crippen molar-refractivity contribution in [3.8, 4) is 0 Å². The summed E-state index contributed by atoms with van der Waals surface area (Å²) in [6.45, 7) is 22.8. The van der Waals surface area contributed by atoms with Crippen molar-refractivity contribution < 1.29 is 33.5 Å². The Kier molecular flexibility index (Phi) is 11.0. The number of allylic oxidation sites excluding steroid dienone is 1. The van der Waals surface area contributed by atoms with Crippen LogP contribution in [0.15, 0.2) is 54.8 Å². The van der Waals surface area contributed by atoms with Crippen LogP contribution in [0.4, 0.5) is 0 Å². The summed E-state index contributed by atoms with van der Waals surface area (Å²) in [5.41, 5.74) is 1.52. The highest BCUT2D eigenvalue weighted by Crippen LogP contribution is 2.38. The summed E-state index contributed by atoms with van der Waals surface area (Å²) >= 11 is 0. The van der Waals surface area contributed by atoms with E-state index in [1.807, 2.05) is 97.9 Å². The molecule has 0 atom stereocenters. The van der Waals surface area contributed by atoms with Crippen LogP contribution in [0.3, 0.4) is 0 Å². The zero-order valence-electron chi connectivity index (χ0n) is 29.4. The van der Waals surface area contributed by atoms with Crippen LogP contribution in [-0.4, -0.2) is 48.4 Å². The monoisotopic (exact) mass is 631 g/mol. The van der Waals surface area contributed by atoms with Crippen LogP contribution in [0, 0.1) is 5.41 Å². The second-order valence-corrected chi connectivity index (χ2v) is 14.5. The number of hydrogen-bond donors (Lipinski definition) is 2. The average molecular weight is 631 g/mol. The maximum Gasteiger partial charge on any atom is 0.494 e. The fourth-order valence-corrected chi connectivity index (χ4v) is 5.21. The Hall–Kier alpha value is -2.91. The minimum absolute atomic E-state index is 0.115. The molecule has 2 heterocycles. The number of unbranched alkanes of at least 4 members (excludes halogenated alkanes) is 4. The van der Waals surface area contributed by atoms with Gasteiger partial charge >= 0.3 is 20.1 Å². The molecule has 0 bridgehead atoms. The number of ether oxygens (including phenoxy) is 2. The fourth-order valence-electron chi connectivity index (χ4n) is 5.21. The molecule has 0 aliphatic carbocycles. The van der Waals surface area contributed by atoms with Gasteiger partial charge in [0.15, 0.2) is 0 Å². The van der Waals surface area contributed by atoms with Crippen LogP contribution in [0.5, 0.6) is 0 Å². The van der Waals surface area contributed by atoms with Gasteiger partial charge < -0.3 is 28.1 Å². The van der Waals surface area contributed by atoms with Crippen molar-refractivity contribution >= 4 is 37.0 Å². The molecule has 0 unspecified atom stereocenters. The number of nitrogens with two attached hydrogens (primary N) is 1. The highest BCUT2D eigenvalue weighted by molar-refractivity contribution is 6.66. The van der Waals surface area contributed by atoms with Crippen molar-refractivity contribution in [3.05, 3.63) is 71.5 Å². The Morgan fingerprint density at radius 3 is 1.70 bits per heavy atom. The van der Waals surface area contributed by atoms with Crippen molar-refractivity contribution in [1.29, 1.82) is 5.41 Å². The summed E-state index contributed by atoms with van der Waals surface area (Å²) in [6, 6.07) is 13.2. The molecule has 4 rings (SSSR count). The lowest BCUT2D eigenvalue weighted by molar-refractivity contribution is -0.130. The molecule has 10 heteroatoms. The molecular formula is C36H53B2N2O6+. The van der Waals surface area contributed by atoms with E-state index in [1.54, 1.807) is 0 Å². The number of hydrogen-bond acceptors (Lipinski definition) is 7. The van der Waals surface area contributed by atoms with Crippen LogP contribution >= 0.6 is 0 Å². The SMILES string of the molecule is C=C(CCCCCCC)OCc1ccc(C(=[NH2+])OC(=N)c2cc(B3OC(C)(C)C(C)(C)O3)cc(B3OC(C)(C)C(C)(C)O3)c2)cc1. The highest BCUT2D eigenvalue weighted by atomic mass is 16.7. The fraction of sp³-hybridized carbons (Fsp3) is 0.556. The summed E-state index contributed by atoms with van der Waals surface area (Å²) in [5.74, 6) is 0.814. The zero-order chi connectivity index (χ0) is 33.9. The third-order valence-corrected chi connectivity index (χ3v) is 9.74. The normalized spacial score (nSPS) is 19.2. The first-order valence-electron chi connectivity index (χ1n) is 16.6. The molecule has 0 saturated carbocycles. The van der Waals surface area contributed by atoms with Gasteiger partial charge in [-0.1, -0.05) is 57.4 Å². The van der Waals surface area contributed by atoms with E-state index in [-0.39, 0.29) is 11.8 Å². The minimum atomic E-state index is -0.646. The number of nitrogens with one attached hydrogen (secondary N) is 1. The summed E-state index contributed by atoms with van der Waals surface area (Å²) < 4.78 is 37.2. The lowest BCUT2D eigenvalue weighted by Crippen LogP contribution is -2.44. The van der Waals surface area contributed by atoms with Crippen molar-refractivity contribution in [1.82, 2.24) is 0 Å². The predicted molar refractivity (Wildman–Crippen MR) is 186 cm³/mol. The van der Waals surface area contributed by atoms with Crippen molar-refractivity contribution in [2.45, 2.75) is 130 Å². The van der Waals surface area contributed by atoms with E-state index in [2.05, 4.69) is 13.5 Å². The Bertz CT molecular complexity index is 1330. The molecule has 0 radical (unpaired) electrons. The molecule has 2 aliphatic rings. The number of benzene rings is 2. The van der Waals surface area contributed by atoms with E-state index in [0.717, 1.165) is 35.1 Å². The van der Waals surface area contributed by atoms with Gasteiger partial charge in [-0.05, 0) is 103 Å². The molecule has 0 amide bonds. The van der Waals surface area contributed by atoms with Crippen molar-refractivity contribution in [2.24, 2.45) is 0 Å². The van der Waals surface area contributed by atoms with E-state index in [0.29, 0.717) is 17.7 Å². The molecular weight excluding hydrogens is 578 g/mol. The van der Waals surface area contributed by atoms with Crippen molar-refractivity contribution in [3.63, 3.8) is 0 Å². The zero-order valence-corrected chi connectivity index (χ0v) is 29.4. The van der Waals surface area contributed by atoms with E-state index in [1.165, 1.54) is 25.7 Å². The molecule has 3 N–H and O–H groups in total. The molecule has 248 valence electrons. The Labute approximate surface area is 276 Å². The summed E-state index contributed by atoms with van der Waals surface area (Å²) in [5, 5.41) is 15.3. The van der Waals surface area contributed by atoms with Crippen LogP contribution < -0.4 is 16.3 Å². The molecule has 8 nitrogen and oxygen atoms in total. The Morgan fingerprint density at radius 2 is 1.22 bits per heavy atom. The molecule has 2 aromatic rings. The van der Waals surface area contributed by atoms with Crippen LogP contribution in [-0.2, 0) is 34.7 Å². The van der Waals surface area contributed by atoms with E-state index in [4.69, 9.17) is 38.9 Å². The molecule has 2 aliphatic heterocycles. The molecule has 0 spiro atoms. The molecule has 2 saturated heterocycles. The van der Waals surface area contributed by atoms with Gasteiger partial charge in [-0.3, -0.25) is 5.41 Å². The molecule has 2 fully saturated rings. The minimum Gasteiger partial charge on any atom is -0.494 e. The van der Waals surface area contributed by atoms with E-state index in [9.17, 15) is 0 Å². The summed E-state index contributed by atoms with van der Waals surface area (Å²) in [6.07, 6.45) is 6.96. The van der Waals surface area contributed by atoms with Crippen LogP contribution in [0.2, 0.25) is 0 Å². The largest absolute Gasteiger partial charge is 0.494 e. The maximum absolute atomic E-state index is 8.89.